The molecule has 13 heavy (non-hydrogen) atoms. The summed E-state index contributed by atoms with van der Waals surface area (Å²) in [6.07, 6.45) is 1.10. The predicted molar refractivity (Wildman–Crippen MR) is 50.4 cm³/mol. The van der Waals surface area contributed by atoms with Gasteiger partial charge in [-0.25, -0.2) is 0 Å². The topological polar surface area (TPSA) is 58.6 Å². The zero-order valence-electron chi connectivity index (χ0n) is 8.54. The van der Waals surface area contributed by atoms with Gasteiger partial charge in [0.1, 0.15) is 0 Å². The Kier molecular flexibility index (Phi) is 6.54. The smallest absolute Gasteiger partial charge is 0.217 e. The van der Waals surface area contributed by atoms with Gasteiger partial charge in [-0.15, -0.1) is 0 Å². The van der Waals surface area contributed by atoms with Crippen LogP contribution in [0.25, 0.3) is 0 Å². The lowest BCUT2D eigenvalue weighted by Gasteiger charge is -2.18. The Balaban J connectivity index is 3.65. The van der Waals surface area contributed by atoms with Gasteiger partial charge in [0.25, 0.3) is 0 Å². The first-order valence-electron chi connectivity index (χ1n) is 4.59. The molecule has 4 heteroatoms. The minimum atomic E-state index is -0.286. The van der Waals surface area contributed by atoms with Crippen molar-refractivity contribution in [3.05, 3.63) is 0 Å². The Morgan fingerprint density at radius 1 is 1.62 bits per heavy atom. The van der Waals surface area contributed by atoms with Crippen molar-refractivity contribution in [1.29, 1.82) is 0 Å². The van der Waals surface area contributed by atoms with E-state index >= 15 is 0 Å². The highest BCUT2D eigenvalue weighted by atomic mass is 16.5. The number of hydrogen-bond donors (Lipinski definition) is 2. The maximum atomic E-state index is 10.6. The maximum Gasteiger partial charge on any atom is 0.217 e. The lowest BCUT2D eigenvalue weighted by molar-refractivity contribution is -0.120. The summed E-state index contributed by atoms with van der Waals surface area (Å²) in [6.45, 7) is 5.69. The molecule has 0 heterocycles. The molecule has 2 atom stereocenters. The van der Waals surface area contributed by atoms with Crippen molar-refractivity contribution in [2.75, 3.05) is 13.2 Å². The van der Waals surface area contributed by atoms with Crippen molar-refractivity contribution in [2.45, 2.75) is 39.3 Å². The second kappa shape index (κ2) is 6.86. The van der Waals surface area contributed by atoms with E-state index < -0.39 is 0 Å². The van der Waals surface area contributed by atoms with Crippen LogP contribution in [0.1, 0.15) is 27.2 Å². The Hall–Kier alpha value is -0.610. The minimum absolute atomic E-state index is 0.0873. The molecule has 2 unspecified atom stereocenters. The third-order valence-electron chi connectivity index (χ3n) is 1.78. The Morgan fingerprint density at radius 3 is 2.62 bits per heavy atom. The summed E-state index contributed by atoms with van der Waals surface area (Å²) >= 11 is 0. The number of rotatable bonds is 6. The fraction of sp³-hybridized carbons (Fsp3) is 0.889. The van der Waals surface area contributed by atoms with Crippen LogP contribution in [0, 0.1) is 0 Å². The van der Waals surface area contributed by atoms with Crippen LogP contribution in [0.5, 0.6) is 0 Å². The lowest BCUT2D eigenvalue weighted by atomic mass is 10.3. The van der Waals surface area contributed by atoms with Gasteiger partial charge >= 0.3 is 0 Å². The molecule has 0 saturated carbocycles. The van der Waals surface area contributed by atoms with Gasteiger partial charge in [0.15, 0.2) is 0 Å². The molecule has 0 rings (SSSR count). The van der Waals surface area contributed by atoms with E-state index in [9.17, 15) is 4.79 Å². The average Bonchev–Trinajstić information content (AvgIpc) is 2.10. The SMILES string of the molecule is CCC(C)OCC(CO)NC(C)=O. The van der Waals surface area contributed by atoms with Gasteiger partial charge in [0.05, 0.1) is 25.4 Å². The third kappa shape index (κ3) is 6.54. The molecule has 0 aromatic heterocycles. The number of amides is 1. The zero-order chi connectivity index (χ0) is 10.3. The molecule has 4 nitrogen and oxygen atoms in total. The first-order valence-corrected chi connectivity index (χ1v) is 4.59. The number of ether oxygens (including phenoxy) is 1. The van der Waals surface area contributed by atoms with Crippen molar-refractivity contribution in [1.82, 2.24) is 5.32 Å². The molecule has 1 amide bonds. The van der Waals surface area contributed by atoms with Crippen molar-refractivity contribution in [2.24, 2.45) is 0 Å². The molecule has 0 fully saturated rings. The molecule has 2 N–H and O–H groups in total. The quantitative estimate of drug-likeness (QED) is 0.631. The Morgan fingerprint density at radius 2 is 2.23 bits per heavy atom. The van der Waals surface area contributed by atoms with Crippen LogP contribution in [-0.2, 0) is 9.53 Å². The second-order valence-corrected chi connectivity index (χ2v) is 3.13. The molecule has 78 valence electrons. The standard InChI is InChI=1S/C9H19NO3/c1-4-7(2)13-6-9(5-11)10-8(3)12/h7,9,11H,4-6H2,1-3H3,(H,10,12). The van der Waals surface area contributed by atoms with E-state index in [0.717, 1.165) is 6.42 Å². The van der Waals surface area contributed by atoms with Crippen LogP contribution in [0.4, 0.5) is 0 Å². The monoisotopic (exact) mass is 189 g/mol. The number of carbonyl (C=O) groups excluding carboxylic acids is 1. The highest BCUT2D eigenvalue weighted by molar-refractivity contribution is 5.73. The second-order valence-electron chi connectivity index (χ2n) is 3.13. The van der Waals surface area contributed by atoms with Gasteiger partial charge in [-0.3, -0.25) is 4.79 Å². The molecule has 0 spiro atoms. The molecule has 0 radical (unpaired) electrons. The van der Waals surface area contributed by atoms with E-state index in [1.165, 1.54) is 6.92 Å². The summed E-state index contributed by atoms with van der Waals surface area (Å²) in [5, 5.41) is 11.5. The number of aliphatic hydroxyl groups excluding tert-OH is 1. The van der Waals surface area contributed by atoms with Crippen LogP contribution in [0.2, 0.25) is 0 Å². The summed E-state index contributed by atoms with van der Waals surface area (Å²) in [5.41, 5.74) is 0. The van der Waals surface area contributed by atoms with Gasteiger partial charge in [-0.1, -0.05) is 6.92 Å². The van der Waals surface area contributed by atoms with Crippen molar-refractivity contribution >= 4 is 5.91 Å². The van der Waals surface area contributed by atoms with Crippen LogP contribution < -0.4 is 5.32 Å². The van der Waals surface area contributed by atoms with E-state index in [-0.39, 0.29) is 24.7 Å². The molecule has 0 aromatic carbocycles. The van der Waals surface area contributed by atoms with Crippen LogP contribution in [0.3, 0.4) is 0 Å². The molecule has 0 aliphatic heterocycles. The molecular weight excluding hydrogens is 170 g/mol. The highest BCUT2D eigenvalue weighted by Crippen LogP contribution is 1.97. The minimum Gasteiger partial charge on any atom is -0.394 e. The number of nitrogens with one attached hydrogen (secondary N) is 1. The largest absolute Gasteiger partial charge is 0.394 e. The molecular formula is C9H19NO3. The van der Waals surface area contributed by atoms with Crippen LogP contribution in [-0.4, -0.2) is 36.4 Å². The van der Waals surface area contributed by atoms with Gasteiger partial charge in [0, 0.05) is 6.92 Å². The molecule has 0 aromatic rings. The van der Waals surface area contributed by atoms with Gasteiger partial charge in [-0.2, -0.15) is 0 Å². The zero-order valence-corrected chi connectivity index (χ0v) is 8.54. The van der Waals surface area contributed by atoms with Crippen molar-refractivity contribution < 1.29 is 14.6 Å². The molecule has 0 bridgehead atoms. The van der Waals surface area contributed by atoms with Crippen molar-refractivity contribution in [3.63, 3.8) is 0 Å². The third-order valence-corrected chi connectivity index (χ3v) is 1.78. The lowest BCUT2D eigenvalue weighted by Crippen LogP contribution is -2.40. The molecule has 0 saturated heterocycles. The molecule has 0 aliphatic rings. The Bertz CT molecular complexity index is 150. The van der Waals surface area contributed by atoms with E-state index in [0.29, 0.717) is 6.61 Å². The number of aliphatic hydroxyl groups is 1. The number of hydrogen-bond acceptors (Lipinski definition) is 3. The number of carbonyl (C=O) groups is 1. The predicted octanol–water partition coefficient (Wildman–Crippen LogP) is 0.299. The first kappa shape index (κ1) is 12.4. The summed E-state index contributed by atoms with van der Waals surface area (Å²) in [4.78, 5) is 10.6. The Labute approximate surface area is 79.3 Å². The summed E-state index contributed by atoms with van der Waals surface area (Å²) in [7, 11) is 0. The van der Waals surface area contributed by atoms with E-state index in [1.54, 1.807) is 0 Å². The summed E-state index contributed by atoms with van der Waals surface area (Å²) in [5.74, 6) is -0.146. The highest BCUT2D eigenvalue weighted by Gasteiger charge is 2.09. The average molecular weight is 189 g/mol. The van der Waals surface area contributed by atoms with Crippen LogP contribution >= 0.6 is 0 Å². The van der Waals surface area contributed by atoms with Crippen LogP contribution in [0.15, 0.2) is 0 Å². The maximum absolute atomic E-state index is 10.6. The van der Waals surface area contributed by atoms with Gasteiger partial charge in [0.2, 0.25) is 5.91 Å². The summed E-state index contributed by atoms with van der Waals surface area (Å²) < 4.78 is 5.37. The van der Waals surface area contributed by atoms with Gasteiger partial charge < -0.3 is 15.2 Å². The fourth-order valence-electron chi connectivity index (χ4n) is 0.826. The fourth-order valence-corrected chi connectivity index (χ4v) is 0.826. The first-order chi connectivity index (χ1) is 6.10. The molecule has 0 aliphatic carbocycles. The normalized spacial score (nSPS) is 15.1. The van der Waals surface area contributed by atoms with Crippen molar-refractivity contribution in [3.8, 4) is 0 Å². The summed E-state index contributed by atoms with van der Waals surface area (Å²) in [6, 6.07) is -0.286. The van der Waals surface area contributed by atoms with Gasteiger partial charge in [-0.05, 0) is 13.3 Å². The van der Waals surface area contributed by atoms with E-state index in [1.807, 2.05) is 13.8 Å². The van der Waals surface area contributed by atoms with E-state index in [2.05, 4.69) is 5.32 Å². The van der Waals surface area contributed by atoms with E-state index in [4.69, 9.17) is 9.84 Å².